The van der Waals surface area contributed by atoms with Crippen LogP contribution in [0.5, 0.6) is 5.75 Å². The number of nitrogens with zero attached hydrogens (tertiary/aromatic N) is 2. The number of hydrogen-bond donors (Lipinski definition) is 2. The minimum Gasteiger partial charge on any atom is -0.497 e. The van der Waals surface area contributed by atoms with Crippen molar-refractivity contribution in [2.75, 3.05) is 12.4 Å². The second-order valence-corrected chi connectivity index (χ2v) is 6.57. The number of methoxy groups -OCH3 is 1. The number of benzene rings is 3. The maximum absolute atomic E-state index is 11.3. The lowest BCUT2D eigenvalue weighted by Crippen LogP contribution is -2.01. The normalized spacial score (nSPS) is 10.8. The highest BCUT2D eigenvalue weighted by molar-refractivity contribution is 6.30. The molecule has 0 aliphatic heterocycles. The number of ether oxygens (including phenoxy) is 1. The first-order valence-electron chi connectivity index (χ1n) is 8.48. The second kappa shape index (κ2) is 7.25. The topological polar surface area (TPSA) is 76.4 Å². The molecule has 0 atom stereocenters. The van der Waals surface area contributed by atoms with Crippen molar-refractivity contribution in [1.82, 2.24) is 9.78 Å². The van der Waals surface area contributed by atoms with E-state index in [-0.39, 0.29) is 5.56 Å². The number of aromatic carboxylic acids is 1. The Morgan fingerprint density at radius 2 is 1.93 bits per heavy atom. The highest BCUT2D eigenvalue weighted by Gasteiger charge is 2.15. The van der Waals surface area contributed by atoms with Crippen LogP contribution in [0.3, 0.4) is 0 Å². The Kier molecular flexibility index (Phi) is 4.63. The van der Waals surface area contributed by atoms with Gasteiger partial charge in [0.2, 0.25) is 0 Å². The van der Waals surface area contributed by atoms with Gasteiger partial charge in [0.15, 0.2) is 5.82 Å². The van der Waals surface area contributed by atoms with E-state index in [0.29, 0.717) is 22.3 Å². The van der Waals surface area contributed by atoms with E-state index in [1.807, 2.05) is 36.4 Å². The molecule has 6 nitrogen and oxygen atoms in total. The minimum absolute atomic E-state index is 0.194. The van der Waals surface area contributed by atoms with Crippen LogP contribution >= 0.6 is 11.6 Å². The highest BCUT2D eigenvalue weighted by atomic mass is 35.5. The molecule has 4 rings (SSSR count). The third kappa shape index (κ3) is 3.37. The molecule has 0 aliphatic rings. The van der Waals surface area contributed by atoms with Gasteiger partial charge in [-0.2, -0.15) is 0 Å². The second-order valence-electron chi connectivity index (χ2n) is 6.13. The van der Waals surface area contributed by atoms with Crippen LogP contribution in [0.2, 0.25) is 5.02 Å². The smallest absolute Gasteiger partial charge is 0.335 e. The van der Waals surface area contributed by atoms with E-state index in [1.54, 1.807) is 42.1 Å². The van der Waals surface area contributed by atoms with Crippen molar-refractivity contribution in [1.29, 1.82) is 0 Å². The first-order chi connectivity index (χ1) is 13.5. The van der Waals surface area contributed by atoms with Crippen LogP contribution in [0.4, 0.5) is 11.5 Å². The summed E-state index contributed by atoms with van der Waals surface area (Å²) in [5.41, 5.74) is 2.45. The summed E-state index contributed by atoms with van der Waals surface area (Å²) in [7, 11) is 1.60. The number of hydrogen-bond acceptors (Lipinski definition) is 4. The minimum atomic E-state index is -0.989. The number of anilines is 2. The molecule has 0 aliphatic carbocycles. The van der Waals surface area contributed by atoms with Gasteiger partial charge >= 0.3 is 5.97 Å². The summed E-state index contributed by atoms with van der Waals surface area (Å²) in [6.07, 6.45) is 0. The molecule has 0 bridgehead atoms. The number of carboxylic acid groups (broad SMARTS) is 1. The van der Waals surface area contributed by atoms with Crippen LogP contribution in [0.25, 0.3) is 16.6 Å². The van der Waals surface area contributed by atoms with Crippen molar-refractivity contribution in [3.63, 3.8) is 0 Å². The zero-order valence-corrected chi connectivity index (χ0v) is 15.6. The summed E-state index contributed by atoms with van der Waals surface area (Å²) in [6, 6.07) is 19.6. The molecule has 7 heteroatoms. The Morgan fingerprint density at radius 3 is 2.68 bits per heavy atom. The average Bonchev–Trinajstić information content (AvgIpc) is 3.05. The van der Waals surface area contributed by atoms with Gasteiger partial charge < -0.3 is 15.2 Å². The van der Waals surface area contributed by atoms with Crippen molar-refractivity contribution in [3.8, 4) is 11.4 Å². The summed E-state index contributed by atoms with van der Waals surface area (Å²) in [5.74, 6) is 0.314. The fourth-order valence-electron chi connectivity index (χ4n) is 2.99. The van der Waals surface area contributed by atoms with Crippen molar-refractivity contribution in [3.05, 3.63) is 77.3 Å². The highest BCUT2D eigenvalue weighted by Crippen LogP contribution is 2.31. The van der Waals surface area contributed by atoms with Gasteiger partial charge in [0, 0.05) is 16.1 Å². The summed E-state index contributed by atoms with van der Waals surface area (Å²) in [5, 5.41) is 18.7. The van der Waals surface area contributed by atoms with Crippen LogP contribution in [0, 0.1) is 0 Å². The van der Waals surface area contributed by atoms with E-state index in [4.69, 9.17) is 16.3 Å². The Labute approximate surface area is 165 Å². The maximum Gasteiger partial charge on any atom is 0.335 e. The number of carbonyl (C=O) groups is 1. The molecule has 0 saturated heterocycles. The fraction of sp³-hybridized carbons (Fsp3) is 0.0476. The maximum atomic E-state index is 11.3. The lowest BCUT2D eigenvalue weighted by molar-refractivity contribution is 0.0697. The molecule has 3 aromatic carbocycles. The van der Waals surface area contributed by atoms with E-state index >= 15 is 0 Å². The van der Waals surface area contributed by atoms with E-state index in [0.717, 1.165) is 16.6 Å². The molecule has 2 N–H and O–H groups in total. The molecular weight excluding hydrogens is 378 g/mol. The van der Waals surface area contributed by atoms with Crippen LogP contribution in [-0.4, -0.2) is 28.0 Å². The fourth-order valence-corrected chi connectivity index (χ4v) is 3.18. The lowest BCUT2D eigenvalue weighted by atomic mass is 10.2. The van der Waals surface area contributed by atoms with Crippen molar-refractivity contribution >= 4 is 40.0 Å². The number of carboxylic acids is 1. The summed E-state index contributed by atoms with van der Waals surface area (Å²) >= 11 is 6.08. The Hall–Kier alpha value is -3.51. The molecule has 4 aromatic rings. The monoisotopic (exact) mass is 393 g/mol. The summed E-state index contributed by atoms with van der Waals surface area (Å²) in [6.45, 7) is 0. The van der Waals surface area contributed by atoms with Crippen LogP contribution < -0.4 is 10.1 Å². The van der Waals surface area contributed by atoms with Gasteiger partial charge in [-0.15, -0.1) is 5.10 Å². The summed E-state index contributed by atoms with van der Waals surface area (Å²) in [4.78, 5) is 11.3. The van der Waals surface area contributed by atoms with E-state index in [1.165, 1.54) is 0 Å². The van der Waals surface area contributed by atoms with Crippen molar-refractivity contribution in [2.45, 2.75) is 0 Å². The van der Waals surface area contributed by atoms with Gasteiger partial charge in [0.1, 0.15) is 5.75 Å². The first-order valence-corrected chi connectivity index (χ1v) is 8.86. The van der Waals surface area contributed by atoms with E-state index in [9.17, 15) is 9.90 Å². The first kappa shape index (κ1) is 17.9. The Balaban J connectivity index is 1.88. The molecule has 0 fully saturated rings. The Bertz CT molecular complexity index is 1190. The SMILES string of the molecule is COc1ccc2c(c1)c(Nc1cccc(Cl)c1)nn2-c1cccc(C(=O)O)c1. The zero-order valence-electron chi connectivity index (χ0n) is 14.9. The standard InChI is InChI=1S/C21H16ClN3O3/c1-28-17-8-9-19-18(12-17)20(23-15-6-3-5-14(22)11-15)24-25(19)16-7-2-4-13(10-16)21(26)27/h2-12H,1H3,(H,23,24)(H,26,27). The molecule has 1 aromatic heterocycles. The zero-order chi connectivity index (χ0) is 19.7. The van der Waals surface area contributed by atoms with Gasteiger partial charge in [0.25, 0.3) is 0 Å². The number of aromatic nitrogens is 2. The van der Waals surface area contributed by atoms with Gasteiger partial charge in [-0.25, -0.2) is 9.48 Å². The molecule has 0 unspecified atom stereocenters. The third-order valence-corrected chi connectivity index (χ3v) is 4.55. The van der Waals surface area contributed by atoms with Crippen LogP contribution in [0.1, 0.15) is 10.4 Å². The van der Waals surface area contributed by atoms with Gasteiger partial charge in [-0.1, -0.05) is 23.7 Å². The number of nitrogens with one attached hydrogen (secondary N) is 1. The quantitative estimate of drug-likeness (QED) is 0.491. The molecule has 140 valence electrons. The van der Waals surface area contributed by atoms with E-state index < -0.39 is 5.97 Å². The van der Waals surface area contributed by atoms with Gasteiger partial charge in [0.05, 0.1) is 23.9 Å². The van der Waals surface area contributed by atoms with Crippen molar-refractivity contribution in [2.24, 2.45) is 0 Å². The van der Waals surface area contributed by atoms with Gasteiger partial charge in [-0.05, 0) is 54.6 Å². The van der Waals surface area contributed by atoms with Crippen LogP contribution in [0.15, 0.2) is 66.7 Å². The lowest BCUT2D eigenvalue weighted by Gasteiger charge is -2.05. The number of halogens is 1. The third-order valence-electron chi connectivity index (χ3n) is 4.31. The molecule has 1 heterocycles. The van der Waals surface area contributed by atoms with E-state index in [2.05, 4.69) is 10.4 Å². The molecule has 28 heavy (non-hydrogen) atoms. The van der Waals surface area contributed by atoms with Crippen LogP contribution in [-0.2, 0) is 0 Å². The molecule has 0 spiro atoms. The molecule has 0 amide bonds. The largest absolute Gasteiger partial charge is 0.497 e. The summed E-state index contributed by atoms with van der Waals surface area (Å²) < 4.78 is 7.05. The van der Waals surface area contributed by atoms with Crippen molar-refractivity contribution < 1.29 is 14.6 Å². The number of rotatable bonds is 5. The Morgan fingerprint density at radius 1 is 1.11 bits per heavy atom. The molecule has 0 radical (unpaired) electrons. The predicted molar refractivity (Wildman–Crippen MR) is 109 cm³/mol. The predicted octanol–water partition coefficient (Wildman–Crippen LogP) is 5.13. The number of fused-ring (bicyclic) bond motifs is 1. The molecule has 0 saturated carbocycles. The molecular formula is C21H16ClN3O3. The average molecular weight is 394 g/mol. The van der Waals surface area contributed by atoms with Gasteiger partial charge in [-0.3, -0.25) is 0 Å².